The first-order valence-corrected chi connectivity index (χ1v) is 9.72. The van der Waals surface area contributed by atoms with E-state index in [1.165, 1.54) is 0 Å². The molecule has 2 aromatic rings. The van der Waals surface area contributed by atoms with Gasteiger partial charge in [0.05, 0.1) is 11.7 Å². The number of hydrogen-bond donors (Lipinski definition) is 1. The van der Waals surface area contributed by atoms with E-state index in [4.69, 9.17) is 0 Å². The van der Waals surface area contributed by atoms with Gasteiger partial charge in [-0.2, -0.15) is 0 Å². The molecule has 1 N–H and O–H groups in total. The van der Waals surface area contributed by atoms with E-state index in [1.807, 2.05) is 24.3 Å². The van der Waals surface area contributed by atoms with Gasteiger partial charge >= 0.3 is 6.03 Å². The van der Waals surface area contributed by atoms with Gasteiger partial charge in [-0.25, -0.2) is 9.69 Å². The summed E-state index contributed by atoms with van der Waals surface area (Å²) >= 11 is 0. The zero-order valence-electron chi connectivity index (χ0n) is 15.4. The van der Waals surface area contributed by atoms with Crippen molar-refractivity contribution in [3.8, 4) is 0 Å². The lowest BCUT2D eigenvalue weighted by Gasteiger charge is -2.53. The van der Waals surface area contributed by atoms with Gasteiger partial charge in [0, 0.05) is 12.2 Å². The van der Waals surface area contributed by atoms with E-state index in [0.29, 0.717) is 12.1 Å². The predicted molar refractivity (Wildman–Crippen MR) is 105 cm³/mol. The molecule has 3 heterocycles. The van der Waals surface area contributed by atoms with Crippen LogP contribution in [0, 0.1) is 5.41 Å². The van der Waals surface area contributed by atoms with E-state index in [-0.39, 0.29) is 6.04 Å². The second-order valence-electron chi connectivity index (χ2n) is 7.72. The molecule has 0 bridgehead atoms. The molecule has 5 rings (SSSR count). The Labute approximate surface area is 163 Å². The Morgan fingerprint density at radius 1 is 0.929 bits per heavy atom. The van der Waals surface area contributed by atoms with Crippen LogP contribution in [0.1, 0.15) is 24.8 Å². The highest BCUT2D eigenvalue weighted by Gasteiger charge is 2.62. The number of carbonyl (C=O) groups excluding carboxylic acids is 3. The van der Waals surface area contributed by atoms with Crippen LogP contribution in [0.15, 0.2) is 54.6 Å². The van der Waals surface area contributed by atoms with Crippen LogP contribution in [0.2, 0.25) is 0 Å². The first-order valence-electron chi connectivity index (χ1n) is 9.72. The molecule has 1 spiro atoms. The molecule has 28 heavy (non-hydrogen) atoms. The number of amides is 4. The van der Waals surface area contributed by atoms with Crippen molar-refractivity contribution in [1.29, 1.82) is 0 Å². The van der Waals surface area contributed by atoms with E-state index >= 15 is 0 Å². The molecule has 2 fully saturated rings. The Morgan fingerprint density at radius 3 is 2.50 bits per heavy atom. The summed E-state index contributed by atoms with van der Waals surface area (Å²) < 4.78 is 0. The number of fused-ring (bicyclic) bond motifs is 4. The molecule has 0 radical (unpaired) electrons. The molecule has 3 aliphatic heterocycles. The van der Waals surface area contributed by atoms with Crippen LogP contribution in [0.3, 0.4) is 0 Å². The molecule has 0 unspecified atom stereocenters. The van der Waals surface area contributed by atoms with Crippen molar-refractivity contribution in [2.75, 3.05) is 16.3 Å². The summed E-state index contributed by atoms with van der Waals surface area (Å²) in [5.41, 5.74) is 1.27. The number of nitrogens with one attached hydrogen (secondary N) is 1. The molecule has 2 aromatic carbocycles. The molecule has 6 heteroatoms. The Bertz CT molecular complexity index is 974. The third-order valence-electron chi connectivity index (χ3n) is 6.27. The van der Waals surface area contributed by atoms with Crippen LogP contribution in [-0.2, 0) is 16.0 Å². The van der Waals surface area contributed by atoms with E-state index < -0.39 is 23.3 Å². The van der Waals surface area contributed by atoms with Gasteiger partial charge in [0.25, 0.3) is 5.91 Å². The standard InChI is InChI=1S/C22H21N3O3/c26-19-22(20(27)25(21(28)23-19)16-9-2-1-3-10-16)14-15-8-4-5-11-17(15)24-13-7-6-12-18(22)24/h1-5,8-11,18H,6-7,12-14H2,(H,23,26,28)/t18-,22-/m1/s1. The topological polar surface area (TPSA) is 69.7 Å². The average Bonchev–Trinajstić information content (AvgIpc) is 2.73. The van der Waals surface area contributed by atoms with E-state index in [0.717, 1.165) is 42.0 Å². The van der Waals surface area contributed by atoms with Crippen LogP contribution in [0.4, 0.5) is 16.2 Å². The zero-order valence-corrected chi connectivity index (χ0v) is 15.4. The molecule has 4 amide bonds. The van der Waals surface area contributed by atoms with Gasteiger partial charge in [-0.3, -0.25) is 14.9 Å². The summed E-state index contributed by atoms with van der Waals surface area (Å²) in [6.07, 6.45) is 3.05. The van der Waals surface area contributed by atoms with Crippen molar-refractivity contribution >= 4 is 29.2 Å². The zero-order chi connectivity index (χ0) is 19.3. The first-order chi connectivity index (χ1) is 13.6. The quantitative estimate of drug-likeness (QED) is 0.778. The van der Waals surface area contributed by atoms with Gasteiger partial charge in [0.15, 0.2) is 5.41 Å². The third kappa shape index (κ3) is 2.24. The van der Waals surface area contributed by atoms with Crippen LogP contribution < -0.4 is 15.1 Å². The van der Waals surface area contributed by atoms with Crippen LogP contribution in [0.5, 0.6) is 0 Å². The lowest BCUT2D eigenvalue weighted by molar-refractivity contribution is -0.145. The number of rotatable bonds is 1. The normalized spacial score (nSPS) is 26.7. The van der Waals surface area contributed by atoms with Crippen molar-refractivity contribution in [2.45, 2.75) is 31.7 Å². The summed E-state index contributed by atoms with van der Waals surface area (Å²) in [7, 11) is 0. The molecule has 6 nitrogen and oxygen atoms in total. The van der Waals surface area contributed by atoms with Gasteiger partial charge in [-0.1, -0.05) is 36.4 Å². The minimum atomic E-state index is -1.29. The van der Waals surface area contributed by atoms with Crippen LogP contribution in [0.25, 0.3) is 0 Å². The third-order valence-corrected chi connectivity index (χ3v) is 6.27. The molecule has 0 aliphatic carbocycles. The Hall–Kier alpha value is -3.15. The first kappa shape index (κ1) is 17.0. The SMILES string of the molecule is O=C1NC(=O)[C@]2(Cc3ccccc3N3CCCC[C@@H]32)C(=O)N1c1ccccc1. The maximum Gasteiger partial charge on any atom is 0.335 e. The molecule has 0 aromatic heterocycles. The summed E-state index contributed by atoms with van der Waals surface area (Å²) in [6, 6.07) is 15.9. The fourth-order valence-corrected chi connectivity index (χ4v) is 5.01. The van der Waals surface area contributed by atoms with Crippen molar-refractivity contribution in [3.05, 3.63) is 60.2 Å². The summed E-state index contributed by atoms with van der Waals surface area (Å²) in [6.45, 7) is 0.809. The van der Waals surface area contributed by atoms with Crippen LogP contribution in [-0.4, -0.2) is 30.4 Å². The van der Waals surface area contributed by atoms with Gasteiger partial charge in [-0.15, -0.1) is 0 Å². The molecular formula is C22H21N3O3. The molecule has 2 saturated heterocycles. The maximum absolute atomic E-state index is 13.8. The molecule has 142 valence electrons. The highest BCUT2D eigenvalue weighted by atomic mass is 16.2. The minimum absolute atomic E-state index is 0.247. The van der Waals surface area contributed by atoms with Crippen molar-refractivity contribution < 1.29 is 14.4 Å². The largest absolute Gasteiger partial charge is 0.367 e. The Kier molecular flexibility index (Phi) is 3.75. The fraction of sp³-hybridized carbons (Fsp3) is 0.318. The average molecular weight is 375 g/mol. The predicted octanol–water partition coefficient (Wildman–Crippen LogP) is 2.87. The molecule has 2 atom stereocenters. The number of hydrogen-bond acceptors (Lipinski definition) is 4. The summed E-state index contributed by atoms with van der Waals surface area (Å²) in [4.78, 5) is 43.0. The number of piperidine rings is 1. The monoisotopic (exact) mass is 375 g/mol. The number of para-hydroxylation sites is 2. The molecule has 3 aliphatic rings. The number of barbiturate groups is 1. The highest BCUT2D eigenvalue weighted by molar-refractivity contribution is 6.30. The highest BCUT2D eigenvalue weighted by Crippen LogP contribution is 2.47. The molecular weight excluding hydrogens is 354 g/mol. The summed E-state index contributed by atoms with van der Waals surface area (Å²) in [5, 5.41) is 2.48. The number of nitrogens with zero attached hydrogens (tertiary/aromatic N) is 2. The van der Waals surface area contributed by atoms with Gasteiger partial charge < -0.3 is 4.90 Å². The lowest BCUT2D eigenvalue weighted by Crippen LogP contribution is -2.72. The number of benzene rings is 2. The van der Waals surface area contributed by atoms with E-state index in [1.54, 1.807) is 24.3 Å². The number of carbonyl (C=O) groups is 3. The number of anilines is 2. The van der Waals surface area contributed by atoms with E-state index in [2.05, 4.69) is 16.3 Å². The van der Waals surface area contributed by atoms with Gasteiger partial charge in [0.2, 0.25) is 5.91 Å². The van der Waals surface area contributed by atoms with Crippen molar-refractivity contribution in [1.82, 2.24) is 5.32 Å². The second-order valence-corrected chi connectivity index (χ2v) is 7.72. The summed E-state index contributed by atoms with van der Waals surface area (Å²) in [5.74, 6) is -0.889. The number of imide groups is 2. The fourth-order valence-electron chi connectivity index (χ4n) is 5.01. The van der Waals surface area contributed by atoms with Gasteiger partial charge in [-0.05, 0) is 49.4 Å². The molecule has 0 saturated carbocycles. The van der Waals surface area contributed by atoms with E-state index in [9.17, 15) is 14.4 Å². The van der Waals surface area contributed by atoms with Gasteiger partial charge in [0.1, 0.15) is 0 Å². The smallest absolute Gasteiger partial charge is 0.335 e. The van der Waals surface area contributed by atoms with Crippen LogP contribution >= 0.6 is 0 Å². The minimum Gasteiger partial charge on any atom is -0.367 e. The Balaban J connectivity index is 1.67. The number of urea groups is 1. The Morgan fingerprint density at radius 2 is 1.68 bits per heavy atom. The maximum atomic E-state index is 13.8. The van der Waals surface area contributed by atoms with Crippen molar-refractivity contribution in [2.24, 2.45) is 5.41 Å². The van der Waals surface area contributed by atoms with Crippen molar-refractivity contribution in [3.63, 3.8) is 0 Å². The lowest BCUT2D eigenvalue weighted by atomic mass is 9.66. The second kappa shape index (κ2) is 6.19.